The van der Waals surface area contributed by atoms with Crippen LogP contribution in [0.15, 0.2) is 53.6 Å². The summed E-state index contributed by atoms with van der Waals surface area (Å²) < 4.78 is 7.93. The van der Waals surface area contributed by atoms with Crippen molar-refractivity contribution in [2.45, 2.75) is 32.8 Å². The first kappa shape index (κ1) is 19.3. The third-order valence-electron chi connectivity index (χ3n) is 3.99. The third-order valence-corrected chi connectivity index (χ3v) is 4.55. The van der Waals surface area contributed by atoms with Gasteiger partial charge in [0.1, 0.15) is 12.4 Å². The van der Waals surface area contributed by atoms with E-state index in [9.17, 15) is 0 Å². The largest absolute Gasteiger partial charge is 0.487 e. The average Bonchev–Trinajstić information content (AvgIpc) is 3.04. The highest BCUT2D eigenvalue weighted by molar-refractivity contribution is 7.71. The Labute approximate surface area is 168 Å². The number of benzene rings is 2. The Balaban J connectivity index is 1.70. The molecule has 0 amide bonds. The van der Waals surface area contributed by atoms with Gasteiger partial charge in [-0.1, -0.05) is 55.3 Å². The third kappa shape index (κ3) is 5.28. The molecule has 1 aromatic heterocycles. The molecule has 0 radical (unpaired) electrons. The van der Waals surface area contributed by atoms with E-state index in [2.05, 4.69) is 22.2 Å². The lowest BCUT2D eigenvalue weighted by atomic mass is 10.2. The van der Waals surface area contributed by atoms with E-state index < -0.39 is 0 Å². The van der Waals surface area contributed by atoms with Crippen molar-refractivity contribution < 1.29 is 4.74 Å². The van der Waals surface area contributed by atoms with E-state index in [0.29, 0.717) is 22.2 Å². The SMILES string of the molecule is CCCCc1n[nH]c(=S)n1/N=C\c1ccc(OCc2ccccc2)c(Cl)c1. The van der Waals surface area contributed by atoms with Crippen LogP contribution in [0.3, 0.4) is 0 Å². The number of aromatic amines is 1. The highest BCUT2D eigenvalue weighted by Gasteiger charge is 2.05. The van der Waals surface area contributed by atoms with Gasteiger partial charge in [-0.3, -0.25) is 5.10 Å². The molecular weight excluding hydrogens is 380 g/mol. The quantitative estimate of drug-likeness (QED) is 0.407. The van der Waals surface area contributed by atoms with Crippen LogP contribution in [0.25, 0.3) is 0 Å². The second-order valence-corrected chi connectivity index (χ2v) is 6.86. The molecule has 7 heteroatoms. The molecule has 0 unspecified atom stereocenters. The number of hydrogen-bond donors (Lipinski definition) is 1. The van der Waals surface area contributed by atoms with Crippen LogP contribution in [0.4, 0.5) is 0 Å². The van der Waals surface area contributed by atoms with E-state index in [-0.39, 0.29) is 0 Å². The molecule has 0 saturated carbocycles. The fourth-order valence-corrected chi connectivity index (χ4v) is 2.96. The molecule has 27 heavy (non-hydrogen) atoms. The molecule has 0 aliphatic rings. The van der Waals surface area contributed by atoms with E-state index >= 15 is 0 Å². The van der Waals surface area contributed by atoms with Crippen LogP contribution in [-0.4, -0.2) is 21.1 Å². The van der Waals surface area contributed by atoms with Gasteiger partial charge in [-0.05, 0) is 48.0 Å². The van der Waals surface area contributed by atoms with Gasteiger partial charge >= 0.3 is 0 Å². The summed E-state index contributed by atoms with van der Waals surface area (Å²) in [7, 11) is 0. The Hall–Kier alpha value is -2.44. The standard InChI is InChI=1S/C20H21ClN4OS/c1-2-3-9-19-23-24-20(27)25(19)22-13-16-10-11-18(17(21)12-16)26-14-15-7-5-4-6-8-15/h4-8,10-13H,2-3,9,14H2,1H3,(H,24,27)/b22-13-. The summed E-state index contributed by atoms with van der Waals surface area (Å²) in [6.45, 7) is 2.61. The lowest BCUT2D eigenvalue weighted by Gasteiger charge is -2.08. The number of aryl methyl sites for hydroxylation is 1. The van der Waals surface area contributed by atoms with Crippen molar-refractivity contribution in [3.8, 4) is 5.75 Å². The van der Waals surface area contributed by atoms with E-state index in [0.717, 1.165) is 36.2 Å². The molecule has 0 atom stereocenters. The zero-order valence-electron chi connectivity index (χ0n) is 15.1. The zero-order valence-corrected chi connectivity index (χ0v) is 16.6. The number of ether oxygens (including phenoxy) is 1. The number of nitrogens with zero attached hydrogens (tertiary/aromatic N) is 3. The van der Waals surface area contributed by atoms with E-state index in [1.807, 2.05) is 48.5 Å². The van der Waals surface area contributed by atoms with Crippen molar-refractivity contribution in [2.75, 3.05) is 0 Å². The van der Waals surface area contributed by atoms with Crippen molar-refractivity contribution in [3.05, 3.63) is 75.3 Å². The molecule has 0 aliphatic carbocycles. The van der Waals surface area contributed by atoms with Crippen LogP contribution in [-0.2, 0) is 13.0 Å². The second-order valence-electron chi connectivity index (χ2n) is 6.07. The molecule has 3 aromatic rings. The maximum Gasteiger partial charge on any atom is 0.216 e. The highest BCUT2D eigenvalue weighted by Crippen LogP contribution is 2.26. The number of hydrogen-bond acceptors (Lipinski definition) is 4. The first-order valence-electron chi connectivity index (χ1n) is 8.84. The topological polar surface area (TPSA) is 55.2 Å². The van der Waals surface area contributed by atoms with Gasteiger partial charge in [-0.15, -0.1) is 0 Å². The molecule has 0 spiro atoms. The summed E-state index contributed by atoms with van der Waals surface area (Å²) in [6, 6.07) is 15.5. The summed E-state index contributed by atoms with van der Waals surface area (Å²) in [6.07, 6.45) is 4.67. The maximum absolute atomic E-state index is 6.35. The van der Waals surface area contributed by atoms with Crippen LogP contribution in [0.5, 0.6) is 5.75 Å². The van der Waals surface area contributed by atoms with Gasteiger partial charge in [0, 0.05) is 6.42 Å². The minimum absolute atomic E-state index is 0.471. The summed E-state index contributed by atoms with van der Waals surface area (Å²) in [5, 5.41) is 12.0. The van der Waals surface area contributed by atoms with Crippen LogP contribution in [0.1, 0.15) is 36.7 Å². The summed E-state index contributed by atoms with van der Waals surface area (Å²) in [5.74, 6) is 1.47. The van der Waals surface area contributed by atoms with E-state index in [4.69, 9.17) is 28.6 Å². The molecule has 140 valence electrons. The number of H-pyrrole nitrogens is 1. The monoisotopic (exact) mass is 400 g/mol. The minimum Gasteiger partial charge on any atom is -0.487 e. The average molecular weight is 401 g/mol. The molecule has 0 saturated heterocycles. The molecule has 1 heterocycles. The van der Waals surface area contributed by atoms with Gasteiger partial charge in [0.05, 0.1) is 11.2 Å². The lowest BCUT2D eigenvalue weighted by Crippen LogP contribution is -1.99. The number of unbranched alkanes of at least 4 members (excludes halogenated alkanes) is 1. The zero-order chi connectivity index (χ0) is 19.1. The second kappa shape index (κ2) is 9.48. The number of rotatable bonds is 8. The van der Waals surface area contributed by atoms with Crippen LogP contribution < -0.4 is 4.74 Å². The molecule has 5 nitrogen and oxygen atoms in total. The smallest absolute Gasteiger partial charge is 0.216 e. The predicted molar refractivity (Wildman–Crippen MR) is 111 cm³/mol. The fraction of sp³-hybridized carbons (Fsp3) is 0.250. The Morgan fingerprint density at radius 1 is 1.26 bits per heavy atom. The van der Waals surface area contributed by atoms with Crippen molar-refractivity contribution in [1.82, 2.24) is 14.9 Å². The van der Waals surface area contributed by atoms with Crippen LogP contribution in [0, 0.1) is 4.77 Å². The van der Waals surface area contributed by atoms with Crippen molar-refractivity contribution >= 4 is 30.0 Å². The van der Waals surface area contributed by atoms with Gasteiger partial charge in [-0.2, -0.15) is 14.9 Å². The van der Waals surface area contributed by atoms with Gasteiger partial charge in [0.15, 0.2) is 5.82 Å². The van der Waals surface area contributed by atoms with Crippen LogP contribution >= 0.6 is 23.8 Å². The molecule has 1 N–H and O–H groups in total. The number of aromatic nitrogens is 3. The molecular formula is C20H21ClN4OS. The van der Waals surface area contributed by atoms with Crippen molar-refractivity contribution in [3.63, 3.8) is 0 Å². The maximum atomic E-state index is 6.35. The molecule has 3 rings (SSSR count). The first-order chi connectivity index (χ1) is 13.2. The molecule has 2 aromatic carbocycles. The Kier molecular flexibility index (Phi) is 6.79. The number of nitrogens with one attached hydrogen (secondary N) is 1. The Bertz CT molecular complexity index is 966. The number of halogens is 1. The Morgan fingerprint density at radius 3 is 2.81 bits per heavy atom. The Morgan fingerprint density at radius 2 is 2.07 bits per heavy atom. The van der Waals surface area contributed by atoms with Gasteiger partial charge in [-0.25, -0.2) is 0 Å². The summed E-state index contributed by atoms with van der Waals surface area (Å²) >= 11 is 11.6. The van der Waals surface area contributed by atoms with Crippen LogP contribution in [0.2, 0.25) is 5.02 Å². The minimum atomic E-state index is 0.471. The van der Waals surface area contributed by atoms with Gasteiger partial charge in [0.25, 0.3) is 0 Å². The highest BCUT2D eigenvalue weighted by atomic mass is 35.5. The molecule has 0 fully saturated rings. The normalized spacial score (nSPS) is 11.2. The first-order valence-corrected chi connectivity index (χ1v) is 9.63. The summed E-state index contributed by atoms with van der Waals surface area (Å²) in [4.78, 5) is 0. The van der Waals surface area contributed by atoms with E-state index in [1.165, 1.54) is 0 Å². The summed E-state index contributed by atoms with van der Waals surface area (Å²) in [5.41, 5.74) is 1.95. The molecule has 0 bridgehead atoms. The van der Waals surface area contributed by atoms with Crippen molar-refractivity contribution in [1.29, 1.82) is 0 Å². The fourth-order valence-electron chi connectivity index (χ4n) is 2.51. The van der Waals surface area contributed by atoms with E-state index in [1.54, 1.807) is 10.9 Å². The molecule has 0 aliphatic heterocycles. The van der Waals surface area contributed by atoms with Gasteiger partial charge < -0.3 is 4.74 Å². The van der Waals surface area contributed by atoms with Gasteiger partial charge in [0.2, 0.25) is 4.77 Å². The lowest BCUT2D eigenvalue weighted by molar-refractivity contribution is 0.306. The predicted octanol–water partition coefficient (Wildman–Crippen LogP) is 5.40. The van der Waals surface area contributed by atoms with Crippen molar-refractivity contribution in [2.24, 2.45) is 5.10 Å².